The predicted octanol–water partition coefficient (Wildman–Crippen LogP) is 5.54. The van der Waals surface area contributed by atoms with Crippen molar-refractivity contribution < 1.29 is 9.47 Å². The molecule has 0 aliphatic carbocycles. The lowest BCUT2D eigenvalue weighted by atomic mass is 10.1. The van der Waals surface area contributed by atoms with E-state index >= 15 is 0 Å². The van der Waals surface area contributed by atoms with E-state index in [1.54, 1.807) is 43.2 Å². The zero-order chi connectivity index (χ0) is 27.1. The minimum atomic E-state index is -0.287. The van der Waals surface area contributed by atoms with Gasteiger partial charge in [-0.1, -0.05) is 52.7 Å². The Morgan fingerprint density at radius 3 is 2.44 bits per heavy atom. The molecular weight excluding hydrogens is 557 g/mol. The summed E-state index contributed by atoms with van der Waals surface area (Å²) in [6, 6.07) is 20.4. The van der Waals surface area contributed by atoms with Crippen LogP contribution in [0.4, 0.5) is 0 Å². The fourth-order valence-corrected chi connectivity index (χ4v) is 5.57. The van der Waals surface area contributed by atoms with E-state index in [2.05, 4.69) is 10.1 Å². The molecule has 3 aromatic heterocycles. The maximum atomic E-state index is 13.3. The summed E-state index contributed by atoms with van der Waals surface area (Å²) in [7, 11) is 3.17. The summed E-state index contributed by atoms with van der Waals surface area (Å²) >= 11 is 13.6. The van der Waals surface area contributed by atoms with E-state index in [9.17, 15) is 4.79 Å². The summed E-state index contributed by atoms with van der Waals surface area (Å²) in [6.07, 6.45) is 3.69. The molecule has 0 saturated heterocycles. The van der Waals surface area contributed by atoms with Crippen LogP contribution in [0, 0.1) is 0 Å². The zero-order valence-electron chi connectivity index (χ0n) is 20.6. The predicted molar refractivity (Wildman–Crippen MR) is 153 cm³/mol. The van der Waals surface area contributed by atoms with Crippen LogP contribution in [0.2, 0.25) is 10.0 Å². The molecular formula is C28H19Cl2N5O3S. The summed E-state index contributed by atoms with van der Waals surface area (Å²) < 4.78 is 14.4. The van der Waals surface area contributed by atoms with Gasteiger partial charge >= 0.3 is 0 Å². The molecule has 0 aliphatic heterocycles. The number of methoxy groups -OCH3 is 2. The van der Waals surface area contributed by atoms with Crippen molar-refractivity contribution in [2.75, 3.05) is 14.2 Å². The largest absolute Gasteiger partial charge is 0.493 e. The van der Waals surface area contributed by atoms with Crippen molar-refractivity contribution >= 4 is 45.6 Å². The molecule has 0 saturated carbocycles. The number of para-hydroxylation sites is 1. The number of hydrogen-bond acceptors (Lipinski definition) is 7. The molecule has 3 heterocycles. The van der Waals surface area contributed by atoms with Gasteiger partial charge in [-0.25, -0.2) is 4.68 Å². The number of thiazole rings is 1. The Hall–Kier alpha value is -4.18. The molecule has 0 unspecified atom stereocenters. The number of halogens is 2. The fraction of sp³-hybridized carbons (Fsp3) is 0.0714. The molecule has 0 radical (unpaired) electrons. The maximum Gasteiger partial charge on any atom is 0.291 e. The second-order valence-corrected chi connectivity index (χ2v) is 10.3. The highest BCUT2D eigenvalue weighted by molar-refractivity contribution is 7.15. The third-order valence-corrected chi connectivity index (χ3v) is 7.57. The third-order valence-electron chi connectivity index (χ3n) is 6.06. The van der Waals surface area contributed by atoms with Crippen LogP contribution in [0.5, 0.6) is 11.5 Å². The van der Waals surface area contributed by atoms with Gasteiger partial charge in [-0.3, -0.25) is 4.79 Å². The molecule has 0 aliphatic rings. The average Bonchev–Trinajstić information content (AvgIpc) is 3.64. The van der Waals surface area contributed by atoms with Crippen LogP contribution in [0.15, 0.2) is 77.7 Å². The van der Waals surface area contributed by atoms with Crippen molar-refractivity contribution in [2.45, 2.75) is 0 Å². The topological polar surface area (TPSA) is 83.5 Å². The van der Waals surface area contributed by atoms with Crippen LogP contribution >= 0.6 is 34.5 Å². The van der Waals surface area contributed by atoms with Gasteiger partial charge in [0.15, 0.2) is 17.3 Å². The molecule has 0 amide bonds. The quantitative estimate of drug-likeness (QED) is 0.259. The molecule has 39 heavy (non-hydrogen) atoms. The fourth-order valence-electron chi connectivity index (χ4n) is 4.17. The van der Waals surface area contributed by atoms with E-state index in [0.717, 1.165) is 16.8 Å². The van der Waals surface area contributed by atoms with Crippen LogP contribution in [0.25, 0.3) is 39.4 Å². The lowest BCUT2D eigenvalue weighted by Gasteiger charge is -2.09. The highest BCUT2D eigenvalue weighted by atomic mass is 35.5. The molecule has 6 rings (SSSR count). The number of ether oxygens (including phenoxy) is 2. The van der Waals surface area contributed by atoms with E-state index in [-0.39, 0.29) is 5.56 Å². The molecule has 0 atom stereocenters. The van der Waals surface area contributed by atoms with Gasteiger partial charge in [0.2, 0.25) is 4.96 Å². The molecule has 194 valence electrons. The van der Waals surface area contributed by atoms with Crippen molar-refractivity contribution in [1.82, 2.24) is 24.4 Å². The highest BCUT2D eigenvalue weighted by Gasteiger charge is 2.17. The van der Waals surface area contributed by atoms with Crippen LogP contribution in [0.3, 0.4) is 0 Å². The maximum absolute atomic E-state index is 13.3. The average molecular weight is 576 g/mol. The van der Waals surface area contributed by atoms with Gasteiger partial charge in [-0.2, -0.15) is 14.6 Å². The summed E-state index contributed by atoms with van der Waals surface area (Å²) in [6.45, 7) is 0. The van der Waals surface area contributed by atoms with Gasteiger partial charge < -0.3 is 9.47 Å². The molecule has 0 fully saturated rings. The minimum Gasteiger partial charge on any atom is -0.493 e. The van der Waals surface area contributed by atoms with Gasteiger partial charge in [-0.15, -0.1) is 5.10 Å². The number of nitrogens with zero attached hydrogens (tertiary/aromatic N) is 5. The van der Waals surface area contributed by atoms with E-state index in [1.807, 2.05) is 54.7 Å². The van der Waals surface area contributed by atoms with Crippen molar-refractivity contribution in [3.05, 3.63) is 103 Å². The van der Waals surface area contributed by atoms with Crippen molar-refractivity contribution in [3.8, 4) is 39.8 Å². The standard InChI is InChI=1S/C28H19Cl2N5O3S/c1-37-22-11-8-16(12-23(22)38-2)25-17(15-34(32-25)19-6-4-3-5-7-19)13-24-27(36)35-28(39-24)31-26(33-35)20-10-9-18(29)14-21(20)30/h3-15H,1-2H3/b24-13-. The first-order valence-corrected chi connectivity index (χ1v) is 13.3. The van der Waals surface area contributed by atoms with Gasteiger partial charge in [0.05, 0.1) is 29.5 Å². The summed E-state index contributed by atoms with van der Waals surface area (Å²) in [5.41, 5.74) is 3.42. The molecule has 6 aromatic rings. The molecule has 0 bridgehead atoms. The zero-order valence-corrected chi connectivity index (χ0v) is 23.0. The Kier molecular flexibility index (Phi) is 6.56. The number of benzene rings is 3. The Morgan fingerprint density at radius 2 is 1.72 bits per heavy atom. The second kappa shape index (κ2) is 10.2. The van der Waals surface area contributed by atoms with Gasteiger partial charge in [0, 0.05) is 27.9 Å². The second-order valence-electron chi connectivity index (χ2n) is 8.45. The smallest absolute Gasteiger partial charge is 0.291 e. The Bertz CT molecular complexity index is 1950. The number of aromatic nitrogens is 5. The Labute approximate surface area is 236 Å². The van der Waals surface area contributed by atoms with Crippen molar-refractivity contribution in [3.63, 3.8) is 0 Å². The van der Waals surface area contributed by atoms with Crippen LogP contribution in [-0.2, 0) is 0 Å². The highest BCUT2D eigenvalue weighted by Crippen LogP contribution is 2.34. The van der Waals surface area contributed by atoms with Crippen LogP contribution in [0.1, 0.15) is 5.56 Å². The normalized spacial score (nSPS) is 11.8. The van der Waals surface area contributed by atoms with Crippen LogP contribution in [-0.4, -0.2) is 38.6 Å². The lowest BCUT2D eigenvalue weighted by molar-refractivity contribution is 0.355. The number of rotatable bonds is 6. The molecule has 0 spiro atoms. The minimum absolute atomic E-state index is 0.287. The van der Waals surface area contributed by atoms with E-state index in [1.165, 1.54) is 15.9 Å². The van der Waals surface area contributed by atoms with E-state index < -0.39 is 0 Å². The Morgan fingerprint density at radius 1 is 0.923 bits per heavy atom. The van der Waals surface area contributed by atoms with Crippen LogP contribution < -0.4 is 19.6 Å². The molecule has 11 heteroatoms. The summed E-state index contributed by atoms with van der Waals surface area (Å²) in [5.74, 6) is 1.54. The molecule has 0 N–H and O–H groups in total. The first-order valence-electron chi connectivity index (χ1n) is 11.7. The number of hydrogen-bond donors (Lipinski definition) is 0. The third kappa shape index (κ3) is 4.65. The van der Waals surface area contributed by atoms with Crippen molar-refractivity contribution in [2.24, 2.45) is 0 Å². The van der Waals surface area contributed by atoms with Crippen molar-refractivity contribution in [1.29, 1.82) is 0 Å². The summed E-state index contributed by atoms with van der Waals surface area (Å²) in [4.78, 5) is 18.3. The van der Waals surface area contributed by atoms with Gasteiger partial charge in [0.1, 0.15) is 5.69 Å². The SMILES string of the molecule is COc1ccc(-c2nn(-c3ccccc3)cc2/C=c2\sc3nc(-c4ccc(Cl)cc4Cl)nn3c2=O)cc1OC. The molecule has 3 aromatic carbocycles. The van der Waals surface area contributed by atoms with Gasteiger partial charge in [-0.05, 0) is 54.6 Å². The monoisotopic (exact) mass is 575 g/mol. The Balaban J connectivity index is 1.49. The van der Waals surface area contributed by atoms with E-state index in [0.29, 0.717) is 48.1 Å². The summed E-state index contributed by atoms with van der Waals surface area (Å²) in [5, 5.41) is 10.2. The first kappa shape index (κ1) is 25.1. The molecule has 8 nitrogen and oxygen atoms in total. The lowest BCUT2D eigenvalue weighted by Crippen LogP contribution is -2.23. The first-order chi connectivity index (χ1) is 18.9. The number of fused-ring (bicyclic) bond motifs is 1. The van der Waals surface area contributed by atoms with E-state index in [4.69, 9.17) is 37.8 Å². The van der Waals surface area contributed by atoms with Gasteiger partial charge in [0.25, 0.3) is 5.56 Å².